The summed E-state index contributed by atoms with van der Waals surface area (Å²) >= 11 is 0. The number of aliphatic hydroxyl groups is 1. The quantitative estimate of drug-likeness (QED) is 0.697. The van der Waals surface area contributed by atoms with Gasteiger partial charge in [-0.05, 0) is 31.2 Å². The van der Waals surface area contributed by atoms with Crippen LogP contribution in [-0.2, 0) is 13.6 Å². The molecule has 0 fully saturated rings. The van der Waals surface area contributed by atoms with Gasteiger partial charge in [-0.2, -0.15) is 0 Å². The van der Waals surface area contributed by atoms with Gasteiger partial charge in [0.05, 0.1) is 17.6 Å². The fourth-order valence-electron chi connectivity index (χ4n) is 2.80. The summed E-state index contributed by atoms with van der Waals surface area (Å²) in [7, 11) is 1.71. The van der Waals surface area contributed by atoms with Crippen LogP contribution < -0.4 is 10.4 Å². The molecule has 1 N–H and O–H groups in total. The summed E-state index contributed by atoms with van der Waals surface area (Å²) in [6.45, 7) is 1.64. The number of Topliss-reactive ketones (excluding diaryl/α,β-unsaturated/α-hetero) is 1. The Labute approximate surface area is 144 Å². The van der Waals surface area contributed by atoms with Crippen molar-refractivity contribution in [2.45, 2.75) is 19.6 Å². The first kappa shape index (κ1) is 17.0. The molecule has 3 aromatic rings. The van der Waals surface area contributed by atoms with Gasteiger partial charge in [0, 0.05) is 12.6 Å². The predicted molar refractivity (Wildman–Crippen MR) is 95.1 cm³/mol. The zero-order chi connectivity index (χ0) is 18.0. The Hall–Kier alpha value is -2.86. The monoisotopic (exact) mass is 340 g/mol. The smallest absolute Gasteiger partial charge is 0.328 e. The van der Waals surface area contributed by atoms with Crippen molar-refractivity contribution >= 4 is 16.8 Å². The van der Waals surface area contributed by atoms with Crippen LogP contribution in [0.3, 0.4) is 0 Å². The van der Waals surface area contributed by atoms with Crippen molar-refractivity contribution in [2.75, 3.05) is 6.61 Å². The first-order chi connectivity index (χ1) is 12.0. The number of ether oxygens (including phenoxy) is 1. The van der Waals surface area contributed by atoms with Crippen LogP contribution in [0.5, 0.6) is 5.75 Å². The number of aliphatic hydroxyl groups excluding tert-OH is 1. The van der Waals surface area contributed by atoms with Gasteiger partial charge in [-0.25, -0.2) is 4.79 Å². The number of benzene rings is 2. The molecule has 0 radical (unpaired) electrons. The van der Waals surface area contributed by atoms with Gasteiger partial charge >= 0.3 is 5.69 Å². The normalized spacial score (nSPS) is 12.3. The maximum atomic E-state index is 12.4. The molecule has 0 amide bonds. The molecule has 0 saturated heterocycles. The molecule has 130 valence electrons. The molecular weight excluding hydrogens is 320 g/mol. The molecule has 6 nitrogen and oxygen atoms in total. The number of hydrogen-bond donors (Lipinski definition) is 1. The van der Waals surface area contributed by atoms with Gasteiger partial charge < -0.3 is 9.84 Å². The van der Waals surface area contributed by atoms with E-state index in [0.717, 1.165) is 11.0 Å². The number of para-hydroxylation sites is 2. The van der Waals surface area contributed by atoms with E-state index in [-0.39, 0.29) is 24.6 Å². The van der Waals surface area contributed by atoms with E-state index in [9.17, 15) is 14.7 Å². The van der Waals surface area contributed by atoms with Crippen LogP contribution in [0, 0.1) is 0 Å². The highest BCUT2D eigenvalue weighted by molar-refractivity contribution is 5.94. The van der Waals surface area contributed by atoms with Gasteiger partial charge in [0.15, 0.2) is 5.78 Å². The summed E-state index contributed by atoms with van der Waals surface area (Å²) < 4.78 is 8.66. The van der Waals surface area contributed by atoms with Gasteiger partial charge in [-0.15, -0.1) is 0 Å². The third-order valence-corrected chi connectivity index (χ3v) is 4.13. The van der Waals surface area contributed by atoms with E-state index < -0.39 is 6.10 Å². The topological polar surface area (TPSA) is 73.5 Å². The number of hydrogen-bond acceptors (Lipinski definition) is 4. The molecule has 1 aromatic heterocycles. The second kappa shape index (κ2) is 6.94. The Balaban J connectivity index is 1.72. The van der Waals surface area contributed by atoms with Crippen LogP contribution in [0.4, 0.5) is 0 Å². The van der Waals surface area contributed by atoms with Crippen LogP contribution >= 0.6 is 0 Å². The van der Waals surface area contributed by atoms with Crippen molar-refractivity contribution in [3.63, 3.8) is 0 Å². The van der Waals surface area contributed by atoms with E-state index in [2.05, 4.69) is 0 Å². The lowest BCUT2D eigenvalue weighted by molar-refractivity contribution is 0.0923. The number of aromatic nitrogens is 2. The maximum Gasteiger partial charge on any atom is 0.328 e. The molecule has 0 unspecified atom stereocenters. The molecule has 25 heavy (non-hydrogen) atoms. The third kappa shape index (κ3) is 3.49. The molecule has 0 spiro atoms. The molecule has 0 saturated carbocycles. The highest BCUT2D eigenvalue weighted by Crippen LogP contribution is 2.15. The van der Waals surface area contributed by atoms with Gasteiger partial charge in [-0.3, -0.25) is 13.9 Å². The lowest BCUT2D eigenvalue weighted by Gasteiger charge is -2.13. The summed E-state index contributed by atoms with van der Waals surface area (Å²) in [5.74, 6) is 0.463. The second-order valence-electron chi connectivity index (χ2n) is 5.99. The fourth-order valence-corrected chi connectivity index (χ4v) is 2.80. The van der Waals surface area contributed by atoms with Crippen molar-refractivity contribution in [2.24, 2.45) is 7.05 Å². The van der Waals surface area contributed by atoms with Crippen LogP contribution in [0.1, 0.15) is 17.3 Å². The molecule has 0 aliphatic heterocycles. The number of rotatable bonds is 6. The van der Waals surface area contributed by atoms with Crippen molar-refractivity contribution in [1.82, 2.24) is 9.13 Å². The summed E-state index contributed by atoms with van der Waals surface area (Å²) in [4.78, 5) is 23.7. The van der Waals surface area contributed by atoms with Crippen LogP contribution in [0.25, 0.3) is 11.0 Å². The minimum atomic E-state index is -0.857. The first-order valence-corrected chi connectivity index (χ1v) is 8.03. The molecule has 3 rings (SSSR count). The number of nitrogens with zero attached hydrogens (tertiary/aromatic N) is 2. The largest absolute Gasteiger partial charge is 0.491 e. The van der Waals surface area contributed by atoms with Gasteiger partial charge in [0.25, 0.3) is 0 Å². The van der Waals surface area contributed by atoms with Crippen LogP contribution in [0.2, 0.25) is 0 Å². The number of carbonyl (C=O) groups is 1. The zero-order valence-electron chi connectivity index (χ0n) is 14.2. The third-order valence-electron chi connectivity index (χ3n) is 4.13. The molecule has 1 heterocycles. The molecule has 1 atom stereocenters. The second-order valence-corrected chi connectivity index (χ2v) is 5.99. The lowest BCUT2D eigenvalue weighted by Crippen LogP contribution is -2.30. The highest BCUT2D eigenvalue weighted by atomic mass is 16.5. The van der Waals surface area contributed by atoms with E-state index in [0.29, 0.717) is 11.3 Å². The molecule has 0 bridgehead atoms. The maximum absolute atomic E-state index is 12.4. The summed E-state index contributed by atoms with van der Waals surface area (Å²) in [6, 6.07) is 14.2. The zero-order valence-corrected chi connectivity index (χ0v) is 14.2. The van der Waals surface area contributed by atoms with Crippen molar-refractivity contribution in [3.8, 4) is 5.75 Å². The molecule has 0 aliphatic carbocycles. The van der Waals surface area contributed by atoms with Gasteiger partial charge in [0.1, 0.15) is 18.5 Å². The van der Waals surface area contributed by atoms with Crippen molar-refractivity contribution < 1.29 is 14.6 Å². The van der Waals surface area contributed by atoms with E-state index in [1.807, 2.05) is 24.3 Å². The number of carbonyl (C=O) groups excluding carboxylic acids is 1. The molecule has 6 heteroatoms. The van der Waals surface area contributed by atoms with Crippen LogP contribution in [-0.4, -0.2) is 32.7 Å². The average molecular weight is 340 g/mol. The number of fused-ring (bicyclic) bond motifs is 1. The first-order valence-electron chi connectivity index (χ1n) is 8.03. The van der Waals surface area contributed by atoms with E-state index >= 15 is 0 Å². The summed E-state index contributed by atoms with van der Waals surface area (Å²) in [5, 5.41) is 10.3. The number of imidazole rings is 1. The number of aryl methyl sites for hydroxylation is 1. The summed E-state index contributed by atoms with van der Waals surface area (Å²) in [5.41, 5.74) is 1.96. The highest BCUT2D eigenvalue weighted by Gasteiger charge is 2.14. The number of ketones is 1. The van der Waals surface area contributed by atoms with Gasteiger partial charge in [0.2, 0.25) is 0 Å². The van der Waals surface area contributed by atoms with Crippen molar-refractivity contribution in [1.29, 1.82) is 0 Å². The molecule has 0 aliphatic rings. The SMILES string of the molecule is CC(=O)c1cccc(OC[C@@H](O)Cn2c(=O)n(C)c3ccccc32)c1. The Morgan fingerprint density at radius 2 is 1.88 bits per heavy atom. The van der Waals surface area contributed by atoms with E-state index in [4.69, 9.17) is 4.74 Å². The standard InChI is InChI=1S/C19H20N2O4/c1-13(22)14-6-5-7-16(10-14)25-12-15(23)11-21-18-9-4-3-8-17(18)20(2)19(21)24/h3-10,15,23H,11-12H2,1-2H3/t15-/m0/s1. The Morgan fingerprint density at radius 3 is 2.60 bits per heavy atom. The Kier molecular flexibility index (Phi) is 4.72. The lowest BCUT2D eigenvalue weighted by atomic mass is 10.1. The Morgan fingerprint density at radius 1 is 1.16 bits per heavy atom. The minimum Gasteiger partial charge on any atom is -0.491 e. The molecule has 2 aromatic carbocycles. The van der Waals surface area contributed by atoms with E-state index in [1.165, 1.54) is 11.5 Å². The Bertz CT molecular complexity index is 971. The minimum absolute atomic E-state index is 0.0248. The fraction of sp³-hybridized carbons (Fsp3) is 0.263. The van der Waals surface area contributed by atoms with Gasteiger partial charge in [-0.1, -0.05) is 24.3 Å². The van der Waals surface area contributed by atoms with Crippen LogP contribution in [0.15, 0.2) is 53.3 Å². The molecular formula is C19H20N2O4. The predicted octanol–water partition coefficient (Wildman–Crippen LogP) is 1.98. The van der Waals surface area contributed by atoms with E-state index in [1.54, 1.807) is 35.9 Å². The van der Waals surface area contributed by atoms with Crippen molar-refractivity contribution in [3.05, 3.63) is 64.6 Å². The summed E-state index contributed by atoms with van der Waals surface area (Å²) in [6.07, 6.45) is -0.857. The average Bonchev–Trinajstić information content (AvgIpc) is 2.85.